The number of hydrogen-bond donors (Lipinski definition) is 1. The number of aryl methyl sites for hydroxylation is 1. The van der Waals surface area contributed by atoms with Crippen LogP contribution in [0.15, 0.2) is 67.8 Å². The van der Waals surface area contributed by atoms with Gasteiger partial charge in [-0.05, 0) is 29.8 Å². The topological polar surface area (TPSA) is 88.0 Å². The van der Waals surface area contributed by atoms with Gasteiger partial charge >= 0.3 is 0 Å². The van der Waals surface area contributed by atoms with Gasteiger partial charge in [-0.25, -0.2) is 4.52 Å². The number of rotatable bonds is 5. The zero-order valence-corrected chi connectivity index (χ0v) is 16.3. The van der Waals surface area contributed by atoms with Crippen LogP contribution in [0.4, 0.5) is 5.69 Å². The van der Waals surface area contributed by atoms with Gasteiger partial charge in [-0.3, -0.25) is 9.48 Å². The minimum absolute atomic E-state index is 0.252. The van der Waals surface area contributed by atoms with E-state index in [1.165, 1.54) is 6.08 Å². The highest BCUT2D eigenvalue weighted by molar-refractivity contribution is 5.98. The van der Waals surface area contributed by atoms with Crippen molar-refractivity contribution < 1.29 is 4.79 Å². The highest BCUT2D eigenvalue weighted by atomic mass is 16.1. The van der Waals surface area contributed by atoms with E-state index in [-0.39, 0.29) is 5.91 Å². The van der Waals surface area contributed by atoms with E-state index in [4.69, 9.17) is 0 Å². The number of anilines is 1. The molecule has 1 amide bonds. The Morgan fingerprint density at radius 2 is 1.93 bits per heavy atom. The lowest BCUT2D eigenvalue weighted by molar-refractivity contribution is -0.111. The predicted octanol–water partition coefficient (Wildman–Crippen LogP) is 3.90. The van der Waals surface area contributed by atoms with Crippen molar-refractivity contribution in [3.05, 3.63) is 84.5 Å². The summed E-state index contributed by atoms with van der Waals surface area (Å²) in [5.74, 6) is -0.252. The zero-order valence-electron chi connectivity index (χ0n) is 16.3. The molecular weight excluding hydrogens is 376 g/mol. The molecule has 146 valence electrons. The number of fused-ring (bicyclic) bond motifs is 1. The maximum atomic E-state index is 11.4. The molecule has 0 atom stereocenters. The van der Waals surface area contributed by atoms with Crippen LogP contribution in [0.2, 0.25) is 0 Å². The summed E-state index contributed by atoms with van der Waals surface area (Å²) in [7, 11) is 1.87. The van der Waals surface area contributed by atoms with Crippen LogP contribution in [-0.4, -0.2) is 25.3 Å². The summed E-state index contributed by atoms with van der Waals surface area (Å²) in [6, 6.07) is 11.7. The quantitative estimate of drug-likeness (QED) is 0.520. The molecule has 7 heteroatoms. The maximum absolute atomic E-state index is 11.4. The molecule has 0 unspecified atom stereocenters. The van der Waals surface area contributed by atoms with Crippen molar-refractivity contribution >= 4 is 29.3 Å². The molecule has 0 bridgehead atoms. The number of carbonyl (C=O) groups is 1. The summed E-state index contributed by atoms with van der Waals surface area (Å²) in [5, 5.41) is 20.7. The third-order valence-corrected chi connectivity index (χ3v) is 4.62. The maximum Gasteiger partial charge on any atom is 0.247 e. The SMILES string of the molecule is C=CC(=O)Nc1ccc(/C=C/c2cc(-c3cnn(C)c3)cn3ncc(C#N)c23)cc1. The van der Waals surface area contributed by atoms with Gasteiger partial charge in [0.15, 0.2) is 0 Å². The fourth-order valence-corrected chi connectivity index (χ4v) is 3.15. The molecule has 3 aromatic heterocycles. The van der Waals surface area contributed by atoms with E-state index in [2.05, 4.69) is 28.2 Å². The van der Waals surface area contributed by atoms with E-state index in [9.17, 15) is 10.1 Å². The number of nitrogens with zero attached hydrogens (tertiary/aromatic N) is 5. The highest BCUT2D eigenvalue weighted by Gasteiger charge is 2.11. The molecule has 30 heavy (non-hydrogen) atoms. The molecule has 0 radical (unpaired) electrons. The molecule has 0 aliphatic rings. The van der Waals surface area contributed by atoms with E-state index >= 15 is 0 Å². The second-order valence-corrected chi connectivity index (χ2v) is 6.70. The monoisotopic (exact) mass is 394 g/mol. The van der Waals surface area contributed by atoms with Gasteiger partial charge in [0.1, 0.15) is 6.07 Å². The Balaban J connectivity index is 1.72. The third-order valence-electron chi connectivity index (χ3n) is 4.62. The number of benzene rings is 1. The minimum atomic E-state index is -0.252. The molecule has 1 N–H and O–H groups in total. The second kappa shape index (κ2) is 7.89. The van der Waals surface area contributed by atoms with Gasteiger partial charge in [0.05, 0.1) is 23.5 Å². The van der Waals surface area contributed by atoms with Crippen LogP contribution in [-0.2, 0) is 11.8 Å². The molecule has 0 fully saturated rings. The first-order valence-corrected chi connectivity index (χ1v) is 9.19. The Hall–Kier alpha value is -4.44. The van der Waals surface area contributed by atoms with Gasteiger partial charge in [0.2, 0.25) is 5.91 Å². The third kappa shape index (κ3) is 3.75. The number of nitriles is 1. The largest absolute Gasteiger partial charge is 0.323 e. The van der Waals surface area contributed by atoms with Gasteiger partial charge in [-0.1, -0.05) is 30.9 Å². The van der Waals surface area contributed by atoms with Crippen molar-refractivity contribution in [3.63, 3.8) is 0 Å². The van der Waals surface area contributed by atoms with Crippen molar-refractivity contribution in [3.8, 4) is 17.2 Å². The first kappa shape index (κ1) is 18.9. The van der Waals surface area contributed by atoms with Crippen molar-refractivity contribution in [2.45, 2.75) is 0 Å². The lowest BCUT2D eigenvalue weighted by Gasteiger charge is -2.05. The van der Waals surface area contributed by atoms with Crippen LogP contribution >= 0.6 is 0 Å². The van der Waals surface area contributed by atoms with Crippen LogP contribution in [0.5, 0.6) is 0 Å². The van der Waals surface area contributed by atoms with E-state index < -0.39 is 0 Å². The molecule has 1 aromatic carbocycles. The molecule has 3 heterocycles. The Morgan fingerprint density at radius 3 is 2.60 bits per heavy atom. The van der Waals surface area contributed by atoms with Gasteiger partial charge in [0.25, 0.3) is 0 Å². The number of carbonyl (C=O) groups excluding carboxylic acids is 1. The average Bonchev–Trinajstić information content (AvgIpc) is 3.38. The van der Waals surface area contributed by atoms with Crippen LogP contribution in [0, 0.1) is 11.3 Å². The standard InChI is InChI=1S/C23H18N6O/c1-3-22(30)27-21-8-5-16(6-9-21)4-7-17-10-18(20-13-25-28(2)14-20)15-29-23(17)19(11-24)12-26-29/h3-10,12-15H,1H2,2H3,(H,27,30)/b7-4+. The molecule has 0 aliphatic carbocycles. The van der Waals surface area contributed by atoms with Gasteiger partial charge in [-0.15, -0.1) is 0 Å². The second-order valence-electron chi connectivity index (χ2n) is 6.70. The fraction of sp³-hybridized carbons (Fsp3) is 0.0435. The number of amides is 1. The van der Waals surface area contributed by atoms with Crippen molar-refractivity contribution in [1.82, 2.24) is 19.4 Å². The smallest absolute Gasteiger partial charge is 0.247 e. The Kier molecular flexibility index (Phi) is 4.97. The summed E-state index contributed by atoms with van der Waals surface area (Å²) in [5.41, 5.74) is 5.69. The van der Waals surface area contributed by atoms with E-state index in [1.54, 1.807) is 21.6 Å². The Morgan fingerprint density at radius 1 is 1.13 bits per heavy atom. The summed E-state index contributed by atoms with van der Waals surface area (Å²) in [6.07, 6.45) is 12.3. The number of hydrogen-bond acceptors (Lipinski definition) is 4. The Labute approximate surface area is 173 Å². The number of nitrogens with one attached hydrogen (secondary N) is 1. The van der Waals surface area contributed by atoms with Crippen LogP contribution < -0.4 is 5.32 Å². The number of aromatic nitrogens is 4. The first-order chi connectivity index (χ1) is 14.6. The van der Waals surface area contributed by atoms with Crippen LogP contribution in [0.25, 0.3) is 28.8 Å². The fourth-order valence-electron chi connectivity index (χ4n) is 3.15. The zero-order chi connectivity index (χ0) is 21.1. The molecule has 0 aliphatic heterocycles. The van der Waals surface area contributed by atoms with Crippen molar-refractivity contribution in [1.29, 1.82) is 5.26 Å². The summed E-state index contributed by atoms with van der Waals surface area (Å²) in [6.45, 7) is 3.44. The summed E-state index contributed by atoms with van der Waals surface area (Å²) in [4.78, 5) is 11.4. The van der Waals surface area contributed by atoms with Crippen molar-refractivity contribution in [2.24, 2.45) is 7.05 Å². The summed E-state index contributed by atoms with van der Waals surface area (Å²) < 4.78 is 3.46. The number of pyridine rings is 1. The van der Waals surface area contributed by atoms with E-state index in [1.807, 2.05) is 61.9 Å². The van der Waals surface area contributed by atoms with Gasteiger partial charge < -0.3 is 5.32 Å². The predicted molar refractivity (Wildman–Crippen MR) is 116 cm³/mol. The normalized spacial score (nSPS) is 10.9. The molecule has 0 spiro atoms. The Bertz CT molecular complexity index is 1320. The average molecular weight is 394 g/mol. The van der Waals surface area contributed by atoms with E-state index in [0.29, 0.717) is 11.3 Å². The lowest BCUT2D eigenvalue weighted by Crippen LogP contribution is -2.06. The molecular formula is C23H18N6O. The van der Waals surface area contributed by atoms with Crippen LogP contribution in [0.3, 0.4) is 0 Å². The molecule has 0 saturated carbocycles. The minimum Gasteiger partial charge on any atom is -0.323 e. The van der Waals surface area contributed by atoms with Gasteiger partial charge in [0, 0.05) is 41.8 Å². The molecule has 7 nitrogen and oxygen atoms in total. The molecule has 0 saturated heterocycles. The van der Waals surface area contributed by atoms with Crippen LogP contribution in [0.1, 0.15) is 16.7 Å². The first-order valence-electron chi connectivity index (χ1n) is 9.19. The molecule has 4 aromatic rings. The lowest BCUT2D eigenvalue weighted by atomic mass is 10.0. The van der Waals surface area contributed by atoms with Crippen molar-refractivity contribution in [2.75, 3.05) is 5.32 Å². The highest BCUT2D eigenvalue weighted by Crippen LogP contribution is 2.26. The molecule has 4 rings (SSSR count). The van der Waals surface area contributed by atoms with E-state index in [0.717, 1.165) is 27.8 Å². The summed E-state index contributed by atoms with van der Waals surface area (Å²) >= 11 is 0. The van der Waals surface area contributed by atoms with Gasteiger partial charge in [-0.2, -0.15) is 15.5 Å².